The minimum atomic E-state index is -4.64. The molecule has 3 rings (SSSR count). The van der Waals surface area contributed by atoms with Crippen molar-refractivity contribution < 1.29 is 22.8 Å². The molecule has 0 aromatic heterocycles. The Bertz CT molecular complexity index is 633. The summed E-state index contributed by atoms with van der Waals surface area (Å²) in [6, 6.07) is 2.42. The van der Waals surface area contributed by atoms with Crippen LogP contribution in [0.4, 0.5) is 18.9 Å². The first-order valence-corrected chi connectivity index (χ1v) is 7.87. The van der Waals surface area contributed by atoms with Gasteiger partial charge in [0.05, 0.1) is 16.8 Å². The van der Waals surface area contributed by atoms with E-state index in [1.54, 1.807) is 0 Å². The van der Waals surface area contributed by atoms with Crippen LogP contribution in [0.1, 0.15) is 54.6 Å². The maximum Gasteiger partial charge on any atom is 0.417 e. The third-order valence-corrected chi connectivity index (χ3v) is 4.19. The number of Topliss-reactive ketones (excluding diaryl/α,β-unsaturated/α-hetero) is 1. The van der Waals surface area contributed by atoms with Gasteiger partial charge >= 0.3 is 6.18 Å². The normalized spacial score (nSPS) is 17.6. The van der Waals surface area contributed by atoms with Crippen LogP contribution in [0, 0.1) is 12.8 Å². The summed E-state index contributed by atoms with van der Waals surface area (Å²) in [6.45, 7) is 5.86. The second kappa shape index (κ2) is 6.34. The second-order valence-corrected chi connectivity index (χ2v) is 5.75. The molecule has 0 unspecified atom stereocenters. The number of alkyl halides is 3. The summed E-state index contributed by atoms with van der Waals surface area (Å²) in [5.41, 5.74) is -0.990. The van der Waals surface area contributed by atoms with Crippen molar-refractivity contribution in [3.8, 4) is 0 Å². The van der Waals surface area contributed by atoms with Crippen molar-refractivity contribution in [2.45, 2.75) is 46.2 Å². The fraction of sp³-hybridized carbons (Fsp3) is 0.529. The average molecular weight is 327 g/mol. The Balaban J connectivity index is 0.000000924. The molecule has 1 amide bonds. The fourth-order valence-corrected chi connectivity index (χ4v) is 2.90. The molecule has 0 spiro atoms. The van der Waals surface area contributed by atoms with E-state index < -0.39 is 29.0 Å². The molecular weight excluding hydrogens is 307 g/mol. The van der Waals surface area contributed by atoms with E-state index in [1.165, 1.54) is 17.9 Å². The predicted octanol–water partition coefficient (Wildman–Crippen LogP) is 4.37. The summed E-state index contributed by atoms with van der Waals surface area (Å²) >= 11 is 0. The summed E-state index contributed by atoms with van der Waals surface area (Å²) < 4.78 is 39.3. The van der Waals surface area contributed by atoms with Crippen molar-refractivity contribution in [3.05, 3.63) is 28.8 Å². The molecule has 1 saturated carbocycles. The van der Waals surface area contributed by atoms with Gasteiger partial charge < -0.3 is 4.90 Å². The monoisotopic (exact) mass is 327 g/mol. The van der Waals surface area contributed by atoms with Crippen molar-refractivity contribution >= 4 is 17.4 Å². The van der Waals surface area contributed by atoms with Crippen molar-refractivity contribution in [1.82, 2.24) is 0 Å². The third kappa shape index (κ3) is 3.12. The van der Waals surface area contributed by atoms with E-state index in [9.17, 15) is 22.8 Å². The van der Waals surface area contributed by atoms with Crippen molar-refractivity contribution in [3.63, 3.8) is 0 Å². The van der Waals surface area contributed by atoms with Gasteiger partial charge in [0.2, 0.25) is 0 Å². The molecule has 0 N–H and O–H groups in total. The molecule has 0 atom stereocenters. The number of carbonyl (C=O) groups excluding carboxylic acids is 2. The minimum absolute atomic E-state index is 0.115. The van der Waals surface area contributed by atoms with E-state index >= 15 is 0 Å². The smallest absolute Gasteiger partial charge is 0.304 e. The highest BCUT2D eigenvalue weighted by atomic mass is 19.4. The number of rotatable bonds is 2. The largest absolute Gasteiger partial charge is 0.417 e. The molecule has 126 valence electrons. The number of nitrogens with zero attached hydrogens (tertiary/aromatic N) is 1. The van der Waals surface area contributed by atoms with E-state index in [1.807, 2.05) is 13.8 Å². The van der Waals surface area contributed by atoms with Gasteiger partial charge in [-0.15, -0.1) is 0 Å². The first-order valence-electron chi connectivity index (χ1n) is 7.87. The van der Waals surface area contributed by atoms with Crippen LogP contribution in [0.2, 0.25) is 0 Å². The Hall–Kier alpha value is -1.85. The molecule has 1 aromatic rings. The summed E-state index contributed by atoms with van der Waals surface area (Å²) in [7, 11) is 0. The zero-order chi connectivity index (χ0) is 17.4. The number of ketones is 1. The van der Waals surface area contributed by atoms with Gasteiger partial charge in [-0.2, -0.15) is 13.2 Å². The van der Waals surface area contributed by atoms with Gasteiger partial charge in [0.25, 0.3) is 11.7 Å². The summed E-state index contributed by atoms with van der Waals surface area (Å²) in [5.74, 6) is -1.60. The Kier molecular flexibility index (Phi) is 4.82. The van der Waals surface area contributed by atoms with Gasteiger partial charge in [0.1, 0.15) is 0 Å². The molecule has 1 aromatic carbocycles. The molecule has 23 heavy (non-hydrogen) atoms. The van der Waals surface area contributed by atoms with Crippen molar-refractivity contribution in [2.75, 3.05) is 11.4 Å². The van der Waals surface area contributed by atoms with Gasteiger partial charge in [-0.05, 0) is 43.4 Å². The quantitative estimate of drug-likeness (QED) is 0.757. The maximum atomic E-state index is 13.1. The minimum Gasteiger partial charge on any atom is -0.304 e. The molecule has 1 aliphatic carbocycles. The Morgan fingerprint density at radius 1 is 1.17 bits per heavy atom. The molecule has 0 bridgehead atoms. The van der Waals surface area contributed by atoms with Gasteiger partial charge in [0.15, 0.2) is 0 Å². The number of carbonyl (C=O) groups is 2. The van der Waals surface area contributed by atoms with Gasteiger partial charge in [-0.25, -0.2) is 0 Å². The number of aryl methyl sites for hydroxylation is 1. The number of anilines is 1. The molecule has 3 nitrogen and oxygen atoms in total. The zero-order valence-electron chi connectivity index (χ0n) is 13.5. The maximum absolute atomic E-state index is 13.1. The molecule has 1 fully saturated rings. The zero-order valence-corrected chi connectivity index (χ0v) is 13.5. The van der Waals surface area contributed by atoms with Crippen LogP contribution in [0.15, 0.2) is 12.1 Å². The van der Waals surface area contributed by atoms with E-state index in [0.29, 0.717) is 12.1 Å². The van der Waals surface area contributed by atoms with Crippen LogP contribution in [0.25, 0.3) is 0 Å². The molecule has 0 radical (unpaired) electrons. The van der Waals surface area contributed by atoms with E-state index in [-0.39, 0.29) is 11.6 Å². The highest BCUT2D eigenvalue weighted by Gasteiger charge is 2.45. The van der Waals surface area contributed by atoms with Crippen LogP contribution >= 0.6 is 0 Å². The van der Waals surface area contributed by atoms with Gasteiger partial charge in [-0.3, -0.25) is 9.59 Å². The topological polar surface area (TPSA) is 37.4 Å². The molecule has 1 heterocycles. The number of halogens is 3. The van der Waals surface area contributed by atoms with E-state index in [2.05, 4.69) is 0 Å². The lowest BCUT2D eigenvalue weighted by Crippen LogP contribution is -2.36. The first-order chi connectivity index (χ1) is 10.8. The number of hydrogen-bond acceptors (Lipinski definition) is 2. The van der Waals surface area contributed by atoms with Crippen molar-refractivity contribution in [2.24, 2.45) is 5.92 Å². The number of hydrogen-bond donors (Lipinski definition) is 0. The lowest BCUT2D eigenvalue weighted by Gasteiger charge is -2.30. The molecule has 2 aliphatic rings. The highest BCUT2D eigenvalue weighted by Crippen LogP contribution is 2.42. The third-order valence-electron chi connectivity index (χ3n) is 4.19. The van der Waals surface area contributed by atoms with E-state index in [4.69, 9.17) is 0 Å². The second-order valence-electron chi connectivity index (χ2n) is 5.75. The molecule has 6 heteroatoms. The number of fused-ring (bicyclic) bond motifs is 1. The highest BCUT2D eigenvalue weighted by molar-refractivity contribution is 6.52. The molecule has 0 saturated heterocycles. The lowest BCUT2D eigenvalue weighted by molar-refractivity contribution is -0.137. The van der Waals surface area contributed by atoms with Gasteiger partial charge in [-0.1, -0.05) is 20.3 Å². The predicted molar refractivity (Wildman–Crippen MR) is 81.6 cm³/mol. The van der Waals surface area contributed by atoms with Crippen LogP contribution < -0.4 is 4.90 Å². The number of amides is 1. The Morgan fingerprint density at radius 3 is 2.26 bits per heavy atom. The van der Waals surface area contributed by atoms with Crippen LogP contribution in [0.5, 0.6) is 0 Å². The van der Waals surface area contributed by atoms with Crippen LogP contribution in [-0.2, 0) is 11.0 Å². The van der Waals surface area contributed by atoms with Crippen LogP contribution in [-0.4, -0.2) is 18.2 Å². The number of benzene rings is 1. The lowest BCUT2D eigenvalue weighted by atomic mass is 9.85. The summed E-state index contributed by atoms with van der Waals surface area (Å²) in [6.07, 6.45) is -1.68. The fourth-order valence-electron chi connectivity index (χ4n) is 2.90. The van der Waals surface area contributed by atoms with Crippen LogP contribution in [0.3, 0.4) is 0 Å². The average Bonchev–Trinajstić information content (AvgIpc) is 2.67. The summed E-state index contributed by atoms with van der Waals surface area (Å²) in [5, 5.41) is 0. The Morgan fingerprint density at radius 2 is 1.78 bits per heavy atom. The first kappa shape index (κ1) is 17.5. The molecular formula is C17H20F3NO2. The summed E-state index contributed by atoms with van der Waals surface area (Å²) in [4.78, 5) is 25.2. The molecule has 1 aliphatic heterocycles. The van der Waals surface area contributed by atoms with Gasteiger partial charge in [0, 0.05) is 6.54 Å². The van der Waals surface area contributed by atoms with Crippen molar-refractivity contribution in [1.29, 1.82) is 0 Å². The Labute approximate surface area is 133 Å². The standard InChI is InChI=1S/C15H14F3NO2.C2H6/c1-8-5-10(15(16,17)18)12-11(6-8)19(14(21)13(12)20)7-9-3-2-4-9;1-2/h5-6,9H,2-4,7H2,1H3;1-2H3. The van der Waals surface area contributed by atoms with E-state index in [0.717, 1.165) is 25.3 Å². The SMILES string of the molecule is CC.Cc1cc2c(c(C(F)(F)F)c1)C(=O)C(=O)N2CC1CCC1.